The number of nitrogens with one attached hydrogen (secondary N) is 2. The van der Waals surface area contributed by atoms with Crippen LogP contribution in [0.4, 0.5) is 11.6 Å². The number of ether oxygens (including phenoxy) is 2. The first-order valence-electron chi connectivity index (χ1n) is 22.9. The fraction of sp³-hybridized carbons (Fsp3) is 0.400. The Morgan fingerprint density at radius 2 is 0.913 bits per heavy atom. The zero-order valence-electron chi connectivity index (χ0n) is 39.5. The number of benzene rings is 2. The number of amides is 2. The minimum atomic E-state index is -0.0870. The Bertz CT molecular complexity index is 2230. The van der Waals surface area contributed by atoms with Crippen molar-refractivity contribution in [2.24, 2.45) is 0 Å². The van der Waals surface area contributed by atoms with Crippen LogP contribution in [-0.4, -0.2) is 139 Å². The lowest BCUT2D eigenvalue weighted by Gasteiger charge is -2.35. The second-order valence-corrected chi connectivity index (χ2v) is 16.0. The van der Waals surface area contributed by atoms with E-state index >= 15 is 0 Å². The number of hydrogen-bond acceptors (Lipinski definition) is 12. The zero-order valence-corrected chi connectivity index (χ0v) is 42.7. The van der Waals surface area contributed by atoms with Crippen LogP contribution in [0.5, 0.6) is 11.8 Å². The van der Waals surface area contributed by atoms with Gasteiger partial charge in [0.25, 0.3) is 11.8 Å². The summed E-state index contributed by atoms with van der Waals surface area (Å²) in [4.78, 5) is 53.3. The molecule has 4 aromatic heterocycles. The largest absolute Gasteiger partial charge is 0.478 e. The zero-order chi connectivity index (χ0) is 44.4. The number of nitrogens with zero attached hydrogens (tertiary/aromatic N) is 8. The summed E-state index contributed by atoms with van der Waals surface area (Å²) < 4.78 is 11.6. The Morgan fingerprint density at radius 3 is 1.28 bits per heavy atom. The molecule has 0 aliphatic carbocycles. The van der Waals surface area contributed by atoms with Gasteiger partial charge in [0, 0.05) is 114 Å². The number of para-hydroxylation sites is 2. The van der Waals surface area contributed by atoms with E-state index in [1.807, 2.05) is 85.2 Å². The molecule has 0 atom stereocenters. The third kappa shape index (κ3) is 17.6. The number of fused-ring (bicyclic) bond motifs is 2. The fourth-order valence-electron chi connectivity index (χ4n) is 7.80. The molecule has 6 aromatic rings. The van der Waals surface area contributed by atoms with Gasteiger partial charge in [-0.2, -0.15) is 0 Å². The second-order valence-electron chi connectivity index (χ2n) is 16.0. The number of halogens is 4. The van der Waals surface area contributed by atoms with Gasteiger partial charge in [-0.15, -0.1) is 49.6 Å². The first kappa shape index (κ1) is 59.9. The number of hydrogen-bond donors (Lipinski definition) is 2. The van der Waals surface area contributed by atoms with Crippen LogP contribution in [0.15, 0.2) is 109 Å². The molecule has 2 aromatic carbocycles. The van der Waals surface area contributed by atoms with Gasteiger partial charge in [0.2, 0.25) is 11.8 Å². The van der Waals surface area contributed by atoms with Gasteiger partial charge in [-0.05, 0) is 49.2 Å². The van der Waals surface area contributed by atoms with Gasteiger partial charge in [0.05, 0.1) is 35.4 Å². The van der Waals surface area contributed by atoms with Crippen LogP contribution in [0.2, 0.25) is 0 Å². The predicted octanol–water partition coefficient (Wildman–Crippen LogP) is 7.58. The molecule has 19 heteroatoms. The molecule has 0 unspecified atom stereocenters. The van der Waals surface area contributed by atoms with E-state index < -0.39 is 0 Å². The van der Waals surface area contributed by atoms with E-state index in [1.54, 1.807) is 12.1 Å². The number of anilines is 2. The van der Waals surface area contributed by atoms with Crippen LogP contribution in [0, 0.1) is 0 Å². The lowest BCUT2D eigenvalue weighted by Crippen LogP contribution is -2.48. The first-order chi connectivity index (χ1) is 31.5. The molecule has 0 saturated carbocycles. The summed E-state index contributed by atoms with van der Waals surface area (Å²) in [6, 6.07) is 31.0. The lowest BCUT2D eigenvalue weighted by atomic mass is 10.1. The molecule has 8 rings (SSSR count). The number of rotatable bonds is 18. The molecule has 0 spiro atoms. The van der Waals surface area contributed by atoms with Gasteiger partial charge < -0.3 is 35.4 Å². The van der Waals surface area contributed by atoms with E-state index in [2.05, 4.69) is 76.1 Å². The normalized spacial score (nSPS) is 13.4. The molecule has 4 N–H and O–H groups in total. The van der Waals surface area contributed by atoms with Crippen molar-refractivity contribution < 1.29 is 24.5 Å². The smallest absolute Gasteiger partial charge is 0.252 e. The van der Waals surface area contributed by atoms with Gasteiger partial charge in [0.1, 0.15) is 11.6 Å². The monoisotopic (exact) mass is 1030 g/mol. The summed E-state index contributed by atoms with van der Waals surface area (Å²) in [5, 5.41) is 7.86. The van der Waals surface area contributed by atoms with Crippen LogP contribution < -0.4 is 29.9 Å². The van der Waals surface area contributed by atoms with Crippen LogP contribution in [-0.2, 0) is 0 Å². The Balaban J connectivity index is 0.000000441. The average molecular weight is 1030 g/mol. The topological polar surface area (TPSA) is 173 Å². The number of carbonyl (C=O) groups is 2. The second kappa shape index (κ2) is 31.8. The maximum Gasteiger partial charge on any atom is 0.252 e. The Labute approximate surface area is 431 Å². The average Bonchev–Trinajstić information content (AvgIpc) is 3.35. The molecule has 2 aliphatic rings. The fourth-order valence-corrected chi connectivity index (χ4v) is 7.80. The molecule has 15 nitrogen and oxygen atoms in total. The molecular formula is C50H68Cl4N10O5. The van der Waals surface area contributed by atoms with Crippen LogP contribution in [0.1, 0.15) is 60.2 Å². The van der Waals surface area contributed by atoms with Crippen LogP contribution >= 0.6 is 49.6 Å². The molecule has 2 amide bonds. The third-order valence-electron chi connectivity index (χ3n) is 11.5. The number of carbonyl (C=O) groups excluding carboxylic acids is 2. The molecule has 6 heterocycles. The minimum Gasteiger partial charge on any atom is -0.478 e. The maximum absolute atomic E-state index is 13.0. The van der Waals surface area contributed by atoms with Gasteiger partial charge in [-0.3, -0.25) is 19.4 Å². The van der Waals surface area contributed by atoms with Crippen LogP contribution in [0.25, 0.3) is 21.8 Å². The maximum atomic E-state index is 13.0. The molecule has 2 fully saturated rings. The van der Waals surface area contributed by atoms with Crippen molar-refractivity contribution in [1.82, 2.24) is 40.4 Å². The van der Waals surface area contributed by atoms with Gasteiger partial charge in [-0.25, -0.2) is 19.9 Å². The summed E-state index contributed by atoms with van der Waals surface area (Å²) >= 11 is 0. The summed E-state index contributed by atoms with van der Waals surface area (Å²) in [5.74, 6) is 2.90. The van der Waals surface area contributed by atoms with Crippen molar-refractivity contribution in [3.05, 3.63) is 121 Å². The summed E-state index contributed by atoms with van der Waals surface area (Å²) in [7, 11) is 0. The predicted molar refractivity (Wildman–Crippen MR) is 287 cm³/mol. The molecular weight excluding hydrogens is 962 g/mol. The SMILES string of the molecule is CCCCOc1cc(C(=O)NCCN2CCN(c3ccccn3)CC2)c2ccccc2n1.CCCCOc1cc(C(=O)NCCN2CCN(c3ccccn3)CC2)c2ccccc2n1.Cl.Cl.Cl.Cl.O. The van der Waals surface area contributed by atoms with E-state index in [9.17, 15) is 9.59 Å². The van der Waals surface area contributed by atoms with Crippen molar-refractivity contribution in [1.29, 1.82) is 0 Å². The number of piperazine rings is 2. The molecule has 2 saturated heterocycles. The molecule has 69 heavy (non-hydrogen) atoms. The van der Waals surface area contributed by atoms with Crippen molar-refractivity contribution in [2.75, 3.05) is 102 Å². The molecule has 2 aliphatic heterocycles. The molecule has 376 valence electrons. The van der Waals surface area contributed by atoms with E-state index in [0.717, 1.165) is 125 Å². The Kier molecular flexibility index (Phi) is 27.6. The summed E-state index contributed by atoms with van der Waals surface area (Å²) in [5.41, 5.74) is 2.78. The first-order valence-corrected chi connectivity index (χ1v) is 22.9. The Morgan fingerprint density at radius 1 is 0.536 bits per heavy atom. The van der Waals surface area contributed by atoms with Crippen LogP contribution in [0.3, 0.4) is 0 Å². The molecule has 0 bridgehead atoms. The minimum absolute atomic E-state index is 0. The van der Waals surface area contributed by atoms with Crippen molar-refractivity contribution in [2.45, 2.75) is 39.5 Å². The summed E-state index contributed by atoms with van der Waals surface area (Å²) in [6.07, 6.45) is 7.70. The highest BCUT2D eigenvalue weighted by Crippen LogP contribution is 2.24. The number of pyridine rings is 4. The van der Waals surface area contributed by atoms with Gasteiger partial charge in [-0.1, -0.05) is 75.2 Å². The van der Waals surface area contributed by atoms with Gasteiger partial charge >= 0.3 is 0 Å². The quantitative estimate of drug-likeness (QED) is 0.0810. The van der Waals surface area contributed by atoms with Crippen molar-refractivity contribution in [3.63, 3.8) is 0 Å². The lowest BCUT2D eigenvalue weighted by molar-refractivity contribution is 0.0940. The summed E-state index contributed by atoms with van der Waals surface area (Å²) in [6.45, 7) is 15.9. The number of unbranched alkanes of at least 4 members (excludes halogenated alkanes) is 2. The Hall–Kier alpha value is -5.26. The highest BCUT2D eigenvalue weighted by atomic mass is 35.5. The van der Waals surface area contributed by atoms with E-state index in [1.165, 1.54) is 0 Å². The van der Waals surface area contributed by atoms with E-state index in [4.69, 9.17) is 9.47 Å². The molecule has 0 radical (unpaired) electrons. The van der Waals surface area contributed by atoms with Gasteiger partial charge in [0.15, 0.2) is 0 Å². The number of aromatic nitrogens is 4. The van der Waals surface area contributed by atoms with Crippen molar-refractivity contribution in [3.8, 4) is 11.8 Å². The highest BCUT2D eigenvalue weighted by molar-refractivity contribution is 6.07. The standard InChI is InChI=1S/2C25H31N5O2.4ClH.H2O/c2*1-2-3-18-32-24-19-21(20-8-4-5-9-22(20)28-24)25(31)27-12-13-29-14-16-30(17-15-29)23-10-6-7-11-26-23;;;;;/h2*4-11,19H,2-3,12-18H2,1H3,(H,27,31);4*1H;1H2. The van der Waals surface area contributed by atoms with Crippen molar-refractivity contribution >= 4 is 94.9 Å². The van der Waals surface area contributed by atoms with E-state index in [-0.39, 0.29) is 66.9 Å². The third-order valence-corrected chi connectivity index (χ3v) is 11.5. The highest BCUT2D eigenvalue weighted by Gasteiger charge is 2.21. The van der Waals surface area contributed by atoms with E-state index in [0.29, 0.717) is 49.2 Å².